The average Bonchev–Trinajstić information content (AvgIpc) is 2.38. The van der Waals surface area contributed by atoms with Crippen LogP contribution in [0.2, 0.25) is 0 Å². The smallest absolute Gasteiger partial charge is 0.401 e. The van der Waals surface area contributed by atoms with E-state index in [-0.39, 0.29) is 23.0 Å². The summed E-state index contributed by atoms with van der Waals surface area (Å²) in [7, 11) is 2.41. The molecule has 20 heavy (non-hydrogen) atoms. The molecule has 3 N–H and O–H groups in total. The lowest BCUT2D eigenvalue weighted by atomic mass is 10.2. The Morgan fingerprint density at radius 3 is 2.55 bits per heavy atom. The molecule has 1 rings (SSSR count). The topological polar surface area (TPSA) is 87.7 Å². The van der Waals surface area contributed by atoms with Crippen molar-refractivity contribution < 1.29 is 19.4 Å². The first kappa shape index (κ1) is 17.2. The molecule has 0 spiro atoms. The minimum Gasteiger partial charge on any atom is -0.411 e. The van der Waals surface area contributed by atoms with Crippen molar-refractivity contribution in [2.45, 2.75) is 13.0 Å². The van der Waals surface area contributed by atoms with Gasteiger partial charge in [-0.2, -0.15) is 0 Å². The Hall–Kier alpha value is -0.855. The molecule has 0 aliphatic rings. The number of hydrogen-bond acceptors (Lipinski definition) is 4. The van der Waals surface area contributed by atoms with Crippen LogP contribution < -0.4 is 15.3 Å². The number of nitrogens with one attached hydrogen (secondary N) is 2. The molecular weight excluding hydrogens is 393 g/mol. The zero-order valence-electron chi connectivity index (χ0n) is 10.8. The predicted octanol–water partition coefficient (Wildman–Crippen LogP) is 1.18. The maximum atomic E-state index is 11.7. The molecule has 0 aliphatic heterocycles. The van der Waals surface area contributed by atoms with Gasteiger partial charge in [-0.15, -0.1) is 31.5 Å². The first-order valence-corrected chi connectivity index (χ1v) is 7.73. The van der Waals surface area contributed by atoms with Gasteiger partial charge in [0.25, 0.3) is 5.91 Å². The van der Waals surface area contributed by atoms with E-state index in [9.17, 15) is 9.59 Å². The molecular formula is C11H15BIN2O4P. The highest BCUT2D eigenvalue weighted by atomic mass is 127. The van der Waals surface area contributed by atoms with Crippen molar-refractivity contribution in [1.82, 2.24) is 10.5 Å². The van der Waals surface area contributed by atoms with Gasteiger partial charge >= 0.3 is 10.5 Å². The molecule has 0 bridgehead atoms. The first-order chi connectivity index (χ1) is 9.42. The Balaban J connectivity index is 2.60. The van der Waals surface area contributed by atoms with Crippen LogP contribution in [0.15, 0.2) is 24.3 Å². The van der Waals surface area contributed by atoms with Crippen LogP contribution in [0.25, 0.3) is 0 Å². The highest BCUT2D eigenvalue weighted by molar-refractivity contribution is 14.1. The van der Waals surface area contributed by atoms with Crippen LogP contribution in [0.5, 0.6) is 5.75 Å². The summed E-state index contributed by atoms with van der Waals surface area (Å²) in [6.07, 6.45) is -0.564. The van der Waals surface area contributed by atoms with Crippen LogP contribution in [0.4, 0.5) is 4.79 Å². The molecule has 1 aromatic rings. The van der Waals surface area contributed by atoms with E-state index >= 15 is 0 Å². The minimum absolute atomic E-state index is 0.120. The van der Waals surface area contributed by atoms with Gasteiger partial charge < -0.3 is 20.4 Å². The van der Waals surface area contributed by atoms with Crippen molar-refractivity contribution >= 4 is 47.9 Å². The van der Waals surface area contributed by atoms with E-state index in [1.807, 2.05) is 22.4 Å². The third-order valence-electron chi connectivity index (χ3n) is 2.23. The van der Waals surface area contributed by atoms with Crippen molar-refractivity contribution in [1.29, 1.82) is 0 Å². The average molecular weight is 408 g/mol. The number of amides is 2. The fourth-order valence-electron chi connectivity index (χ4n) is 1.28. The molecule has 2 atom stereocenters. The number of aliphatic hydroxyl groups is 1. The van der Waals surface area contributed by atoms with Gasteiger partial charge in [0.05, 0.1) is 6.61 Å². The Bertz CT molecular complexity index is 472. The largest absolute Gasteiger partial charge is 0.411 e. The van der Waals surface area contributed by atoms with Gasteiger partial charge in [-0.3, -0.25) is 4.79 Å². The molecule has 2 amide bonds. The monoisotopic (exact) mass is 408 g/mol. The number of ether oxygens (including phenoxy) is 1. The normalized spacial score (nSPS) is 11.4. The molecule has 1 aromatic carbocycles. The van der Waals surface area contributed by atoms with Crippen LogP contribution in [0, 0.1) is 0 Å². The number of aliphatic hydroxyl groups excluding tert-OH is 1. The zero-order valence-corrected chi connectivity index (χ0v) is 14.1. The fraction of sp³-hybridized carbons (Fsp3) is 0.273. The lowest BCUT2D eigenvalue weighted by Crippen LogP contribution is -2.35. The Morgan fingerprint density at radius 1 is 1.45 bits per heavy atom. The van der Waals surface area contributed by atoms with Gasteiger partial charge in [0, 0.05) is 11.6 Å². The Morgan fingerprint density at radius 2 is 2.05 bits per heavy atom. The molecule has 0 saturated heterocycles. The van der Waals surface area contributed by atoms with Gasteiger partial charge in [-0.1, -0.05) is 0 Å². The fourth-order valence-corrected chi connectivity index (χ4v) is 1.67. The molecule has 0 saturated carbocycles. The van der Waals surface area contributed by atoms with Crippen LogP contribution in [0.1, 0.15) is 17.3 Å². The Labute approximate surface area is 133 Å². The number of carbonyl (C=O) groups is 2. The van der Waals surface area contributed by atoms with Crippen molar-refractivity contribution in [3.8, 4) is 5.75 Å². The van der Waals surface area contributed by atoms with E-state index in [0.717, 1.165) is 0 Å². The van der Waals surface area contributed by atoms with Crippen LogP contribution >= 0.6 is 31.5 Å². The van der Waals surface area contributed by atoms with E-state index < -0.39 is 6.09 Å². The van der Waals surface area contributed by atoms with Gasteiger partial charge in [0.1, 0.15) is 5.75 Å². The van der Waals surface area contributed by atoms with E-state index in [1.165, 1.54) is 12.1 Å². The third kappa shape index (κ3) is 6.07. The van der Waals surface area contributed by atoms with E-state index in [0.29, 0.717) is 11.3 Å². The van der Waals surface area contributed by atoms with E-state index in [4.69, 9.17) is 9.84 Å². The molecule has 108 valence electrons. The SMILES string of the molecule is CC(CO)NC(=O)c1ccc(OC(=O)NB(P)I)cc1. The Kier molecular flexibility index (Phi) is 7.25. The minimum atomic E-state index is -0.564. The molecule has 9 heteroatoms. The first-order valence-electron chi connectivity index (χ1n) is 5.82. The summed E-state index contributed by atoms with van der Waals surface area (Å²) < 4.78 is 4.90. The third-order valence-corrected chi connectivity index (χ3v) is 2.71. The lowest BCUT2D eigenvalue weighted by Gasteiger charge is -2.11. The summed E-state index contributed by atoms with van der Waals surface area (Å²) in [6, 6.07) is 5.84. The standard InChI is InChI=1S/C11H15BIN2O4P/c1-7(6-16)14-10(17)8-2-4-9(5-3-8)19-11(18)15-12(13)20/h2-5,7,16H,6,20H2,1H3,(H,14,17)(H,15,18). The predicted molar refractivity (Wildman–Crippen MR) is 89.1 cm³/mol. The summed E-state index contributed by atoms with van der Waals surface area (Å²) >= 11 is 2.01. The maximum absolute atomic E-state index is 11.7. The molecule has 0 radical (unpaired) electrons. The number of carbonyl (C=O) groups excluding carboxylic acids is 2. The molecule has 0 aliphatic carbocycles. The van der Waals surface area contributed by atoms with E-state index in [1.54, 1.807) is 19.1 Å². The highest BCUT2D eigenvalue weighted by Gasteiger charge is 2.11. The summed E-state index contributed by atoms with van der Waals surface area (Å²) in [5.74, 6) is 0.0520. The maximum Gasteiger partial charge on any atom is 0.401 e. The van der Waals surface area contributed by atoms with Crippen LogP contribution in [0.3, 0.4) is 0 Å². The van der Waals surface area contributed by atoms with Crippen molar-refractivity contribution in [3.63, 3.8) is 0 Å². The summed E-state index contributed by atoms with van der Waals surface area (Å²) in [5, 5.41) is 14.0. The molecule has 0 aromatic heterocycles. The molecule has 2 unspecified atom stereocenters. The van der Waals surface area contributed by atoms with Crippen molar-refractivity contribution in [2.24, 2.45) is 0 Å². The molecule has 0 fully saturated rings. The van der Waals surface area contributed by atoms with E-state index in [2.05, 4.69) is 19.7 Å². The second-order valence-electron chi connectivity index (χ2n) is 4.02. The summed E-state index contributed by atoms with van der Waals surface area (Å²) in [4.78, 5) is 23.1. The molecule has 6 nitrogen and oxygen atoms in total. The number of halogens is 1. The van der Waals surface area contributed by atoms with Gasteiger partial charge in [-0.05, 0) is 31.2 Å². The second-order valence-corrected chi connectivity index (χ2v) is 7.38. The van der Waals surface area contributed by atoms with Crippen molar-refractivity contribution in [3.05, 3.63) is 29.8 Å². The number of hydrogen-bond donors (Lipinski definition) is 3. The summed E-state index contributed by atoms with van der Waals surface area (Å²) in [6.45, 7) is 1.57. The van der Waals surface area contributed by atoms with Crippen LogP contribution in [-0.4, -0.2) is 34.2 Å². The van der Waals surface area contributed by atoms with Crippen molar-refractivity contribution in [2.75, 3.05) is 6.61 Å². The van der Waals surface area contributed by atoms with Gasteiger partial charge in [-0.25, -0.2) is 4.79 Å². The number of rotatable bonds is 5. The van der Waals surface area contributed by atoms with Crippen LogP contribution in [-0.2, 0) is 0 Å². The lowest BCUT2D eigenvalue weighted by molar-refractivity contribution is 0.0922. The van der Waals surface area contributed by atoms with Gasteiger partial charge in [0.2, 0.25) is 0 Å². The second kappa shape index (κ2) is 8.44. The zero-order chi connectivity index (χ0) is 15.1. The highest BCUT2D eigenvalue weighted by Crippen LogP contribution is 2.13. The summed E-state index contributed by atoms with van der Waals surface area (Å²) in [5.41, 5.74) is 0.427. The number of benzene rings is 1. The molecule has 0 heterocycles. The quantitative estimate of drug-likeness (QED) is 0.388. The van der Waals surface area contributed by atoms with Gasteiger partial charge in [0.15, 0.2) is 0 Å².